The molecular weight excluding hydrogens is 370 g/mol. The maximum Gasteiger partial charge on any atom is 0.266 e. The highest BCUT2D eigenvalue weighted by Gasteiger charge is 2.04. The van der Waals surface area contributed by atoms with Crippen LogP contribution in [0.15, 0.2) is 64.8 Å². The van der Waals surface area contributed by atoms with Gasteiger partial charge in [-0.1, -0.05) is 29.8 Å². The standard InChI is InChI=1S/C19H16ClN3O2S/c20-15-5-3-14(4-6-15)17-8-10-19(25)23(22-17)12-11-21-18(24)9-7-16-2-1-13-26-16/h1-10,13H,11-12H2,(H,21,24)/b9-7+. The van der Waals surface area contributed by atoms with Crippen molar-refractivity contribution >= 4 is 34.9 Å². The predicted octanol–water partition coefficient (Wildman–Crippen LogP) is 3.45. The average Bonchev–Trinajstić information content (AvgIpc) is 3.16. The summed E-state index contributed by atoms with van der Waals surface area (Å²) in [5.41, 5.74) is 1.32. The Morgan fingerprint density at radius 3 is 2.73 bits per heavy atom. The molecule has 1 amide bonds. The first-order valence-corrected chi connectivity index (χ1v) is 9.21. The largest absolute Gasteiger partial charge is 0.351 e. The maximum absolute atomic E-state index is 12.0. The number of nitrogens with zero attached hydrogens (tertiary/aromatic N) is 2. The summed E-state index contributed by atoms with van der Waals surface area (Å²) < 4.78 is 1.34. The Hall–Kier alpha value is -2.70. The molecule has 3 rings (SSSR count). The number of amides is 1. The highest BCUT2D eigenvalue weighted by atomic mass is 35.5. The van der Waals surface area contributed by atoms with E-state index in [1.807, 2.05) is 29.6 Å². The second-order valence-electron chi connectivity index (χ2n) is 5.43. The monoisotopic (exact) mass is 385 g/mol. The van der Waals surface area contributed by atoms with E-state index in [0.717, 1.165) is 10.4 Å². The van der Waals surface area contributed by atoms with Crippen molar-refractivity contribution in [1.29, 1.82) is 0 Å². The Labute approximate surface area is 159 Å². The van der Waals surface area contributed by atoms with Crippen molar-refractivity contribution in [3.8, 4) is 11.3 Å². The molecule has 0 aliphatic carbocycles. The van der Waals surface area contributed by atoms with E-state index in [9.17, 15) is 9.59 Å². The molecule has 26 heavy (non-hydrogen) atoms. The van der Waals surface area contributed by atoms with Crippen molar-refractivity contribution in [2.45, 2.75) is 6.54 Å². The van der Waals surface area contributed by atoms with Gasteiger partial charge in [-0.15, -0.1) is 11.3 Å². The molecule has 0 aliphatic rings. The van der Waals surface area contributed by atoms with Crippen LogP contribution in [0, 0.1) is 0 Å². The molecule has 132 valence electrons. The van der Waals surface area contributed by atoms with Gasteiger partial charge in [0.25, 0.3) is 5.56 Å². The number of aromatic nitrogens is 2. The fourth-order valence-electron chi connectivity index (χ4n) is 2.27. The van der Waals surface area contributed by atoms with Crippen molar-refractivity contribution in [2.24, 2.45) is 0 Å². The quantitative estimate of drug-likeness (QED) is 0.661. The number of carbonyl (C=O) groups is 1. The first-order valence-electron chi connectivity index (χ1n) is 7.95. The lowest BCUT2D eigenvalue weighted by Crippen LogP contribution is -2.31. The fourth-order valence-corrected chi connectivity index (χ4v) is 3.02. The van der Waals surface area contributed by atoms with E-state index >= 15 is 0 Å². The van der Waals surface area contributed by atoms with Crippen LogP contribution in [-0.2, 0) is 11.3 Å². The average molecular weight is 386 g/mol. The van der Waals surface area contributed by atoms with Gasteiger partial charge in [0.1, 0.15) is 0 Å². The van der Waals surface area contributed by atoms with Crippen LogP contribution in [0.2, 0.25) is 5.02 Å². The lowest BCUT2D eigenvalue weighted by Gasteiger charge is -2.08. The number of benzene rings is 1. The van der Waals surface area contributed by atoms with Gasteiger partial charge in [0.15, 0.2) is 0 Å². The summed E-state index contributed by atoms with van der Waals surface area (Å²) in [4.78, 5) is 24.8. The van der Waals surface area contributed by atoms with Crippen LogP contribution in [-0.4, -0.2) is 22.2 Å². The second-order valence-corrected chi connectivity index (χ2v) is 6.84. The number of hydrogen-bond acceptors (Lipinski definition) is 4. The second kappa shape index (κ2) is 8.60. The van der Waals surface area contributed by atoms with Crippen molar-refractivity contribution in [3.05, 3.63) is 80.2 Å². The molecule has 1 aromatic carbocycles. The topological polar surface area (TPSA) is 64.0 Å². The minimum Gasteiger partial charge on any atom is -0.351 e. The van der Waals surface area contributed by atoms with E-state index in [0.29, 0.717) is 23.8 Å². The van der Waals surface area contributed by atoms with Gasteiger partial charge in [-0.25, -0.2) is 4.68 Å². The summed E-state index contributed by atoms with van der Waals surface area (Å²) in [5.74, 6) is -0.208. The molecule has 7 heteroatoms. The molecule has 0 atom stereocenters. The Kier molecular flexibility index (Phi) is 5.99. The third kappa shape index (κ3) is 4.91. The highest BCUT2D eigenvalue weighted by Crippen LogP contribution is 2.18. The van der Waals surface area contributed by atoms with Crippen LogP contribution in [0.4, 0.5) is 0 Å². The molecule has 0 saturated carbocycles. The zero-order valence-electron chi connectivity index (χ0n) is 13.8. The summed E-state index contributed by atoms with van der Waals surface area (Å²) in [7, 11) is 0. The molecule has 0 fully saturated rings. The van der Waals surface area contributed by atoms with Crippen molar-refractivity contribution in [3.63, 3.8) is 0 Å². The van der Waals surface area contributed by atoms with E-state index in [1.165, 1.54) is 16.8 Å². The minimum atomic E-state index is -0.217. The van der Waals surface area contributed by atoms with Crippen molar-refractivity contribution in [2.75, 3.05) is 6.54 Å². The van der Waals surface area contributed by atoms with E-state index in [-0.39, 0.29) is 11.5 Å². The van der Waals surface area contributed by atoms with E-state index < -0.39 is 0 Å². The van der Waals surface area contributed by atoms with Gasteiger partial charge in [0.2, 0.25) is 5.91 Å². The van der Waals surface area contributed by atoms with E-state index in [1.54, 1.807) is 35.6 Å². The summed E-state index contributed by atoms with van der Waals surface area (Å²) in [6.07, 6.45) is 3.23. The minimum absolute atomic E-state index is 0.208. The van der Waals surface area contributed by atoms with Crippen LogP contribution < -0.4 is 10.9 Å². The van der Waals surface area contributed by atoms with Gasteiger partial charge in [0.05, 0.1) is 12.2 Å². The van der Waals surface area contributed by atoms with Crippen molar-refractivity contribution in [1.82, 2.24) is 15.1 Å². The Morgan fingerprint density at radius 2 is 2.00 bits per heavy atom. The van der Waals surface area contributed by atoms with E-state index in [2.05, 4.69) is 10.4 Å². The van der Waals surface area contributed by atoms with Gasteiger partial charge < -0.3 is 5.32 Å². The van der Waals surface area contributed by atoms with Gasteiger partial charge in [-0.3, -0.25) is 9.59 Å². The molecule has 0 saturated heterocycles. The molecule has 5 nitrogen and oxygen atoms in total. The summed E-state index contributed by atoms with van der Waals surface area (Å²) in [6.45, 7) is 0.601. The smallest absolute Gasteiger partial charge is 0.266 e. The predicted molar refractivity (Wildman–Crippen MR) is 105 cm³/mol. The lowest BCUT2D eigenvalue weighted by atomic mass is 10.1. The van der Waals surface area contributed by atoms with Crippen LogP contribution in [0.1, 0.15) is 4.88 Å². The Bertz CT molecular complexity index is 963. The van der Waals surface area contributed by atoms with E-state index in [4.69, 9.17) is 11.6 Å². The third-order valence-corrected chi connectivity index (χ3v) is 4.66. The molecule has 0 radical (unpaired) electrons. The molecule has 0 unspecified atom stereocenters. The van der Waals surface area contributed by atoms with Gasteiger partial charge in [0, 0.05) is 34.2 Å². The number of halogens is 1. The number of carbonyl (C=O) groups excluding carboxylic acids is 1. The number of hydrogen-bond donors (Lipinski definition) is 1. The molecule has 2 heterocycles. The highest BCUT2D eigenvalue weighted by molar-refractivity contribution is 7.10. The lowest BCUT2D eigenvalue weighted by molar-refractivity contribution is -0.116. The van der Waals surface area contributed by atoms with Gasteiger partial charge in [-0.05, 0) is 35.7 Å². The molecular formula is C19H16ClN3O2S. The maximum atomic E-state index is 12.0. The Balaban J connectivity index is 1.61. The van der Waals surface area contributed by atoms with Gasteiger partial charge >= 0.3 is 0 Å². The molecule has 3 aromatic rings. The summed E-state index contributed by atoms with van der Waals surface area (Å²) >= 11 is 7.45. The number of thiophene rings is 1. The van der Waals surface area contributed by atoms with Crippen LogP contribution in [0.5, 0.6) is 0 Å². The number of nitrogens with one attached hydrogen (secondary N) is 1. The molecule has 0 bridgehead atoms. The molecule has 2 aromatic heterocycles. The van der Waals surface area contributed by atoms with Gasteiger partial charge in [-0.2, -0.15) is 5.10 Å². The Morgan fingerprint density at radius 1 is 1.19 bits per heavy atom. The van der Waals surface area contributed by atoms with Crippen LogP contribution in [0.3, 0.4) is 0 Å². The first-order chi connectivity index (χ1) is 12.6. The zero-order valence-corrected chi connectivity index (χ0v) is 15.3. The van der Waals surface area contributed by atoms with Crippen molar-refractivity contribution < 1.29 is 4.79 Å². The molecule has 0 aliphatic heterocycles. The molecule has 0 spiro atoms. The number of rotatable bonds is 6. The first kappa shape index (κ1) is 18.1. The van der Waals surface area contributed by atoms with Crippen LogP contribution in [0.25, 0.3) is 17.3 Å². The fraction of sp³-hybridized carbons (Fsp3) is 0.105. The van der Waals surface area contributed by atoms with Crippen LogP contribution >= 0.6 is 22.9 Å². The molecule has 1 N–H and O–H groups in total. The normalized spacial score (nSPS) is 11.0. The third-order valence-electron chi connectivity index (χ3n) is 3.57. The summed E-state index contributed by atoms with van der Waals surface area (Å²) in [6, 6.07) is 14.2. The summed E-state index contributed by atoms with van der Waals surface area (Å²) in [5, 5.41) is 9.69. The SMILES string of the molecule is O=C(/C=C/c1cccs1)NCCn1nc(-c2ccc(Cl)cc2)ccc1=O. The zero-order chi connectivity index (χ0) is 18.4.